The summed E-state index contributed by atoms with van der Waals surface area (Å²) in [6, 6.07) is 80.4. The molecular weight excluding hydrogens is 929 g/mol. The van der Waals surface area contributed by atoms with Crippen molar-refractivity contribution in [3.8, 4) is 22.3 Å². The lowest BCUT2D eigenvalue weighted by atomic mass is 9.80. The Bertz CT molecular complexity index is 3950. The number of benzene rings is 11. The highest BCUT2D eigenvalue weighted by Gasteiger charge is 2.29. The van der Waals surface area contributed by atoms with Gasteiger partial charge in [-0.25, -0.2) is 0 Å². The first-order valence-electron chi connectivity index (χ1n) is 27.7. The zero-order chi connectivity index (χ0) is 54.2. The summed E-state index contributed by atoms with van der Waals surface area (Å²) in [5.74, 6) is 0. The number of aryl methyl sites for hydroxylation is 1. The van der Waals surface area contributed by atoms with E-state index >= 15 is 0 Å². The third-order valence-electron chi connectivity index (χ3n) is 15.9. The molecule has 77 heavy (non-hydrogen) atoms. The lowest BCUT2D eigenvalue weighted by molar-refractivity contribution is 0.590. The van der Waals surface area contributed by atoms with E-state index in [1.807, 2.05) is 0 Å². The van der Waals surface area contributed by atoms with Gasteiger partial charge in [0.15, 0.2) is 0 Å². The minimum Gasteiger partial charge on any atom is -0.309 e. The number of hydrogen-bond acceptors (Lipinski definition) is 2. The molecule has 2 nitrogen and oxygen atoms in total. The summed E-state index contributed by atoms with van der Waals surface area (Å²) >= 11 is 0. The maximum Gasteiger partial charge on any atom is 0.0618 e. The molecule has 384 valence electrons. The average molecular weight is 1000 g/mol. The van der Waals surface area contributed by atoms with Gasteiger partial charge < -0.3 is 9.80 Å². The first kappa shape index (κ1) is 51.2. The van der Waals surface area contributed by atoms with Gasteiger partial charge in [0.05, 0.1) is 11.4 Å². The minimum atomic E-state index is -0.0696. The second-order valence-electron chi connectivity index (χ2n) is 25.6. The molecule has 0 N–H and O–H groups in total. The van der Waals surface area contributed by atoms with E-state index in [1.54, 1.807) is 0 Å². The van der Waals surface area contributed by atoms with Crippen LogP contribution in [0.15, 0.2) is 212 Å². The third-order valence-corrected chi connectivity index (χ3v) is 15.9. The van der Waals surface area contributed by atoms with Gasteiger partial charge in [0.1, 0.15) is 0 Å². The minimum absolute atomic E-state index is 0.0671. The molecule has 0 saturated carbocycles. The van der Waals surface area contributed by atoms with Crippen LogP contribution in [0.5, 0.6) is 0 Å². The molecule has 0 fully saturated rings. The van der Waals surface area contributed by atoms with Gasteiger partial charge in [0.25, 0.3) is 0 Å². The Morgan fingerprint density at radius 1 is 0.247 bits per heavy atom. The number of nitrogens with zero attached hydrogens (tertiary/aromatic N) is 2. The Morgan fingerprint density at radius 2 is 0.545 bits per heavy atom. The van der Waals surface area contributed by atoms with Crippen molar-refractivity contribution >= 4 is 77.2 Å². The van der Waals surface area contributed by atoms with Crippen LogP contribution in [-0.4, -0.2) is 0 Å². The molecule has 2 heteroatoms. The highest BCUT2D eigenvalue weighted by molar-refractivity contribution is 6.24. The lowest BCUT2D eigenvalue weighted by Crippen LogP contribution is -2.14. The predicted octanol–water partition coefficient (Wildman–Crippen LogP) is 22.1. The van der Waals surface area contributed by atoms with Crippen molar-refractivity contribution in [2.45, 2.75) is 112 Å². The number of fused-ring (bicyclic) bond motifs is 4. The third kappa shape index (κ3) is 9.58. The topological polar surface area (TPSA) is 6.48 Å². The molecule has 0 radical (unpaired) electrons. The van der Waals surface area contributed by atoms with Gasteiger partial charge >= 0.3 is 0 Å². The van der Waals surface area contributed by atoms with Crippen molar-refractivity contribution in [3.05, 3.63) is 240 Å². The molecule has 0 aliphatic carbocycles. The molecule has 11 aromatic rings. The van der Waals surface area contributed by atoms with Crippen molar-refractivity contribution in [2.24, 2.45) is 0 Å². The van der Waals surface area contributed by atoms with Crippen molar-refractivity contribution in [1.29, 1.82) is 0 Å². The number of rotatable bonds is 8. The molecule has 0 bridgehead atoms. The van der Waals surface area contributed by atoms with Crippen LogP contribution in [0.3, 0.4) is 0 Å². The summed E-state index contributed by atoms with van der Waals surface area (Å²) in [6.07, 6.45) is 0. The molecule has 0 aromatic heterocycles. The van der Waals surface area contributed by atoms with Gasteiger partial charge in [-0.15, -0.1) is 0 Å². The van der Waals surface area contributed by atoms with Gasteiger partial charge in [-0.3, -0.25) is 0 Å². The first-order chi connectivity index (χ1) is 36.6. The van der Waals surface area contributed by atoms with E-state index in [-0.39, 0.29) is 21.7 Å². The van der Waals surface area contributed by atoms with Crippen molar-refractivity contribution in [3.63, 3.8) is 0 Å². The monoisotopic (exact) mass is 1000 g/mol. The van der Waals surface area contributed by atoms with E-state index < -0.39 is 0 Å². The Hall–Kier alpha value is -7.94. The van der Waals surface area contributed by atoms with Gasteiger partial charge in [-0.2, -0.15) is 0 Å². The van der Waals surface area contributed by atoms with Crippen LogP contribution in [0.1, 0.15) is 111 Å². The zero-order valence-corrected chi connectivity index (χ0v) is 47.6. The van der Waals surface area contributed by atoms with Crippen LogP contribution < -0.4 is 9.80 Å². The molecule has 0 heterocycles. The lowest BCUT2D eigenvalue weighted by Gasteiger charge is -2.31. The molecule has 0 spiro atoms. The first-order valence-corrected chi connectivity index (χ1v) is 27.7. The fraction of sp³-hybridized carbons (Fsp3) is 0.227. The van der Waals surface area contributed by atoms with E-state index in [0.717, 1.165) is 22.7 Å². The van der Waals surface area contributed by atoms with Crippen LogP contribution in [0.2, 0.25) is 0 Å². The Kier molecular flexibility index (Phi) is 12.8. The van der Waals surface area contributed by atoms with Crippen molar-refractivity contribution in [1.82, 2.24) is 0 Å². The smallest absolute Gasteiger partial charge is 0.0618 e. The average Bonchev–Trinajstić information content (AvgIpc) is 3.48. The standard InChI is InChI=1S/C75H74N2/c1-49-24-23-31-59(44-49)77(58-29-21-16-22-30-58)71-63-43-39-53(73(5,6)7)46-65(63)69(61-41-37-55(48-67(61)71)75(11,12)13)51-34-32-50(33-35-51)68-60-40-36-54(74(8,9)10)47-66(60)70(62-42-38-52(45-64(62)68)72(2,3)4)76(56-25-17-14-18-26-56)57-27-19-15-20-28-57/h14-48H,1-13H3. The Balaban J connectivity index is 1.23. The molecule has 11 aromatic carbocycles. The second-order valence-corrected chi connectivity index (χ2v) is 25.6. The molecule has 11 rings (SSSR count). The van der Waals surface area contributed by atoms with Gasteiger partial charge in [0.2, 0.25) is 0 Å². The van der Waals surface area contributed by atoms with Gasteiger partial charge in [-0.1, -0.05) is 223 Å². The van der Waals surface area contributed by atoms with Crippen LogP contribution in [0, 0.1) is 6.92 Å². The van der Waals surface area contributed by atoms with Crippen molar-refractivity contribution in [2.75, 3.05) is 9.80 Å². The fourth-order valence-electron chi connectivity index (χ4n) is 11.5. The second kappa shape index (κ2) is 19.3. The van der Waals surface area contributed by atoms with Gasteiger partial charge in [-0.05, 0) is 173 Å². The van der Waals surface area contributed by atoms with E-state index in [0.29, 0.717) is 0 Å². The van der Waals surface area contributed by atoms with Crippen molar-refractivity contribution < 1.29 is 0 Å². The largest absolute Gasteiger partial charge is 0.309 e. The maximum atomic E-state index is 2.50. The molecule has 0 unspecified atom stereocenters. The molecule has 0 aliphatic heterocycles. The molecule has 0 amide bonds. The summed E-state index contributed by atoms with van der Waals surface area (Å²) in [7, 11) is 0. The molecule has 0 atom stereocenters. The maximum absolute atomic E-state index is 2.50. The highest BCUT2D eigenvalue weighted by Crippen LogP contribution is 2.53. The molecule has 0 aliphatic rings. The molecular formula is C75H74N2. The Labute approximate surface area is 458 Å². The normalized spacial score (nSPS) is 12.5. The summed E-state index contributed by atoms with van der Waals surface area (Å²) in [4.78, 5) is 4.98. The highest BCUT2D eigenvalue weighted by atomic mass is 15.2. The summed E-state index contributed by atoms with van der Waals surface area (Å²) < 4.78 is 0. The quantitative estimate of drug-likeness (QED) is 0.140. The van der Waals surface area contributed by atoms with E-state index in [2.05, 4.69) is 312 Å². The fourth-order valence-corrected chi connectivity index (χ4v) is 11.5. The Morgan fingerprint density at radius 3 is 0.870 bits per heavy atom. The van der Waals surface area contributed by atoms with Crippen LogP contribution in [0.4, 0.5) is 34.1 Å². The number of hydrogen-bond donors (Lipinski definition) is 0. The molecule has 0 saturated heterocycles. The summed E-state index contributed by atoms with van der Waals surface area (Å²) in [6.45, 7) is 30.1. The zero-order valence-electron chi connectivity index (χ0n) is 47.6. The van der Waals surface area contributed by atoms with E-state index in [4.69, 9.17) is 0 Å². The SMILES string of the molecule is Cc1cccc(N(c2ccccc2)c2c3ccc(C(C)(C)C)cc3c(-c3ccc(-c4c5cc(C(C)(C)C)ccc5c(N(c5ccccc5)c5ccccc5)c5cc(C(C)(C)C)ccc45)cc3)c3ccc(C(C)(C)C)cc23)c1. The van der Waals surface area contributed by atoms with Gasteiger partial charge in [0, 0.05) is 44.3 Å². The van der Waals surface area contributed by atoms with Crippen LogP contribution in [-0.2, 0) is 21.7 Å². The number of para-hydroxylation sites is 3. The summed E-state index contributed by atoms with van der Waals surface area (Å²) in [5.41, 5.74) is 18.0. The summed E-state index contributed by atoms with van der Waals surface area (Å²) in [5, 5.41) is 9.87. The predicted molar refractivity (Wildman–Crippen MR) is 336 cm³/mol. The van der Waals surface area contributed by atoms with Crippen LogP contribution in [0.25, 0.3) is 65.3 Å². The van der Waals surface area contributed by atoms with E-state index in [9.17, 15) is 0 Å². The van der Waals surface area contributed by atoms with Crippen LogP contribution >= 0.6 is 0 Å². The van der Waals surface area contributed by atoms with E-state index in [1.165, 1.54) is 105 Å². The number of anilines is 6.